The molecule has 0 spiro atoms. The maximum Gasteiger partial charge on any atom is 0.248 e. The summed E-state index contributed by atoms with van der Waals surface area (Å²) < 4.78 is 5.29. The van der Waals surface area contributed by atoms with Crippen molar-refractivity contribution in [3.05, 3.63) is 41.9 Å². The van der Waals surface area contributed by atoms with Crippen LogP contribution in [-0.2, 0) is 16.0 Å². The normalized spacial score (nSPS) is 21.6. The van der Waals surface area contributed by atoms with Crippen molar-refractivity contribution >= 4 is 22.7 Å². The number of hydrazine groups is 1. The number of methoxy groups -OCH3 is 1. The quantitative estimate of drug-likeness (QED) is 0.624. The van der Waals surface area contributed by atoms with E-state index in [0.717, 1.165) is 27.9 Å². The molecule has 8 heteroatoms. The zero-order chi connectivity index (χ0) is 19.0. The fourth-order valence-electron chi connectivity index (χ4n) is 3.64. The Bertz CT molecular complexity index is 919. The highest BCUT2D eigenvalue weighted by molar-refractivity contribution is 5.88. The van der Waals surface area contributed by atoms with Gasteiger partial charge in [-0.1, -0.05) is 0 Å². The lowest BCUT2D eigenvalue weighted by atomic mass is 10.1. The molecule has 1 aromatic carbocycles. The first-order valence-electron chi connectivity index (χ1n) is 9.00. The van der Waals surface area contributed by atoms with Gasteiger partial charge in [0.2, 0.25) is 11.8 Å². The monoisotopic (exact) mass is 369 g/mol. The molecule has 2 atom stereocenters. The molecule has 2 aromatic rings. The third-order valence-electron chi connectivity index (χ3n) is 5.04. The summed E-state index contributed by atoms with van der Waals surface area (Å²) in [5.41, 5.74) is 6.03. The number of rotatable bonds is 5. The second-order valence-corrected chi connectivity index (χ2v) is 6.91. The second-order valence-electron chi connectivity index (χ2n) is 6.91. The molecule has 1 saturated heterocycles. The number of carbonyl (C=O) groups is 2. The Labute approximate surface area is 156 Å². The molecule has 2 amide bonds. The molecule has 1 aromatic heterocycles. The number of H-pyrrole nitrogens is 1. The van der Waals surface area contributed by atoms with Gasteiger partial charge < -0.3 is 25.4 Å². The molecule has 2 aliphatic heterocycles. The number of aromatic amines is 1. The molecular weight excluding hydrogens is 346 g/mol. The van der Waals surface area contributed by atoms with Crippen LogP contribution in [0.5, 0.6) is 5.75 Å². The van der Waals surface area contributed by atoms with E-state index in [-0.39, 0.29) is 17.9 Å². The fraction of sp³-hybridized carbons (Fsp3) is 0.368. The van der Waals surface area contributed by atoms with Gasteiger partial charge in [-0.05, 0) is 37.1 Å². The number of carbonyl (C=O) groups excluding carboxylic acids is 2. The second kappa shape index (κ2) is 6.96. The van der Waals surface area contributed by atoms with Gasteiger partial charge in [-0.2, -0.15) is 0 Å². The standard InChI is InChI=1S/C19H23N5O3/c1-11-10-24-17(19(26)22-11)8-16(23-24)18(25)20-6-5-12-9-21-15-4-3-13(27-2)7-14(12)15/h3-4,7,9-10,16-17,21,23H,5-6,8H2,1-2H3,(H,20,25)(H,22,26). The lowest BCUT2D eigenvalue weighted by Crippen LogP contribution is -2.49. The van der Waals surface area contributed by atoms with Gasteiger partial charge in [0, 0.05) is 42.0 Å². The maximum absolute atomic E-state index is 12.5. The van der Waals surface area contributed by atoms with E-state index in [9.17, 15) is 9.59 Å². The van der Waals surface area contributed by atoms with Crippen molar-refractivity contribution in [2.75, 3.05) is 13.7 Å². The van der Waals surface area contributed by atoms with Gasteiger partial charge in [0.15, 0.2) is 0 Å². The number of nitrogens with one attached hydrogen (secondary N) is 4. The van der Waals surface area contributed by atoms with Gasteiger partial charge >= 0.3 is 0 Å². The van der Waals surface area contributed by atoms with Crippen molar-refractivity contribution in [1.29, 1.82) is 0 Å². The SMILES string of the molecule is COc1ccc2[nH]cc(CCNC(=O)C3CC4C(=O)NC(C)=CN4N3)c2c1. The molecule has 4 rings (SSSR count). The number of benzene rings is 1. The van der Waals surface area contributed by atoms with Crippen LogP contribution in [-0.4, -0.2) is 47.5 Å². The molecule has 3 heterocycles. The van der Waals surface area contributed by atoms with Crippen LogP contribution in [0.3, 0.4) is 0 Å². The number of amides is 2. The minimum Gasteiger partial charge on any atom is -0.497 e. The highest BCUT2D eigenvalue weighted by atomic mass is 16.5. The van der Waals surface area contributed by atoms with Crippen LogP contribution in [0.4, 0.5) is 0 Å². The van der Waals surface area contributed by atoms with E-state index < -0.39 is 6.04 Å². The number of nitrogens with zero attached hydrogens (tertiary/aromatic N) is 1. The van der Waals surface area contributed by atoms with Crippen molar-refractivity contribution in [3.8, 4) is 5.75 Å². The van der Waals surface area contributed by atoms with Crippen molar-refractivity contribution in [2.45, 2.75) is 31.8 Å². The maximum atomic E-state index is 12.5. The van der Waals surface area contributed by atoms with Gasteiger partial charge in [-0.25, -0.2) is 5.43 Å². The smallest absolute Gasteiger partial charge is 0.248 e. The molecule has 2 aliphatic rings. The largest absolute Gasteiger partial charge is 0.497 e. The van der Waals surface area contributed by atoms with Gasteiger partial charge in [0.1, 0.15) is 17.8 Å². The average molecular weight is 369 g/mol. The Morgan fingerprint density at radius 1 is 1.41 bits per heavy atom. The van der Waals surface area contributed by atoms with Crippen molar-refractivity contribution in [2.24, 2.45) is 0 Å². The number of allylic oxidation sites excluding steroid dienone is 1. The Kier molecular flexibility index (Phi) is 4.49. The minimum atomic E-state index is -0.411. The van der Waals surface area contributed by atoms with E-state index in [1.165, 1.54) is 0 Å². The van der Waals surface area contributed by atoms with Gasteiger partial charge in [-0.3, -0.25) is 9.59 Å². The molecule has 0 aliphatic carbocycles. The molecule has 0 saturated carbocycles. The van der Waals surface area contributed by atoms with Gasteiger partial charge in [0.25, 0.3) is 0 Å². The Hall–Kier alpha value is -3.00. The number of hydrogen-bond donors (Lipinski definition) is 4. The molecule has 0 bridgehead atoms. The summed E-state index contributed by atoms with van der Waals surface area (Å²) in [6, 6.07) is 5.14. The Morgan fingerprint density at radius 3 is 3.07 bits per heavy atom. The highest BCUT2D eigenvalue weighted by Gasteiger charge is 2.40. The minimum absolute atomic E-state index is 0.0782. The lowest BCUT2D eigenvalue weighted by molar-refractivity contribution is -0.125. The third kappa shape index (κ3) is 3.35. The average Bonchev–Trinajstić information content (AvgIpc) is 3.25. The molecule has 1 fully saturated rings. The summed E-state index contributed by atoms with van der Waals surface area (Å²) in [6.07, 6.45) is 4.94. The molecule has 8 nitrogen and oxygen atoms in total. The van der Waals surface area contributed by atoms with Gasteiger partial charge in [-0.15, -0.1) is 0 Å². The molecule has 142 valence electrons. The van der Waals surface area contributed by atoms with Crippen LogP contribution in [0.2, 0.25) is 0 Å². The molecular formula is C19H23N5O3. The predicted molar refractivity (Wildman–Crippen MR) is 101 cm³/mol. The summed E-state index contributed by atoms with van der Waals surface area (Å²) in [5, 5.41) is 8.58. The van der Waals surface area contributed by atoms with E-state index in [1.54, 1.807) is 12.1 Å². The first-order chi connectivity index (χ1) is 13.0. The van der Waals surface area contributed by atoms with E-state index in [0.29, 0.717) is 19.4 Å². The van der Waals surface area contributed by atoms with E-state index in [1.807, 2.05) is 37.5 Å². The van der Waals surface area contributed by atoms with Crippen LogP contribution in [0.1, 0.15) is 18.9 Å². The van der Waals surface area contributed by atoms with Crippen molar-refractivity contribution < 1.29 is 14.3 Å². The van der Waals surface area contributed by atoms with Crippen molar-refractivity contribution in [3.63, 3.8) is 0 Å². The van der Waals surface area contributed by atoms with Crippen LogP contribution >= 0.6 is 0 Å². The molecule has 2 unspecified atom stereocenters. The summed E-state index contributed by atoms with van der Waals surface area (Å²) >= 11 is 0. The molecule has 4 N–H and O–H groups in total. The van der Waals surface area contributed by atoms with Crippen LogP contribution in [0.25, 0.3) is 10.9 Å². The lowest BCUT2D eigenvalue weighted by Gasteiger charge is -2.27. The van der Waals surface area contributed by atoms with Gasteiger partial charge in [0.05, 0.1) is 7.11 Å². The highest BCUT2D eigenvalue weighted by Crippen LogP contribution is 2.24. The summed E-state index contributed by atoms with van der Waals surface area (Å²) in [5.74, 6) is 0.632. The summed E-state index contributed by atoms with van der Waals surface area (Å²) in [6.45, 7) is 2.34. The van der Waals surface area contributed by atoms with Crippen LogP contribution in [0, 0.1) is 0 Å². The molecule has 27 heavy (non-hydrogen) atoms. The third-order valence-corrected chi connectivity index (χ3v) is 5.04. The van der Waals surface area contributed by atoms with Crippen molar-refractivity contribution in [1.82, 2.24) is 26.1 Å². The number of hydrogen-bond acceptors (Lipinski definition) is 5. The van der Waals surface area contributed by atoms with Crippen LogP contribution < -0.4 is 20.8 Å². The zero-order valence-corrected chi connectivity index (χ0v) is 15.3. The predicted octanol–water partition coefficient (Wildman–Crippen LogP) is 0.774. The first kappa shape index (κ1) is 17.4. The Balaban J connectivity index is 1.35. The summed E-state index contributed by atoms with van der Waals surface area (Å²) in [4.78, 5) is 27.7. The van der Waals surface area contributed by atoms with Crippen LogP contribution in [0.15, 0.2) is 36.3 Å². The Morgan fingerprint density at radius 2 is 2.26 bits per heavy atom. The number of fused-ring (bicyclic) bond motifs is 2. The fourth-order valence-corrected chi connectivity index (χ4v) is 3.64. The van der Waals surface area contributed by atoms with E-state index in [4.69, 9.17) is 4.74 Å². The molecule has 0 radical (unpaired) electrons. The summed E-state index contributed by atoms with van der Waals surface area (Å²) in [7, 11) is 1.65. The number of ether oxygens (including phenoxy) is 1. The van der Waals surface area contributed by atoms with E-state index in [2.05, 4.69) is 21.0 Å². The zero-order valence-electron chi connectivity index (χ0n) is 15.3. The number of aromatic nitrogens is 1. The van der Waals surface area contributed by atoms with E-state index >= 15 is 0 Å². The first-order valence-corrected chi connectivity index (χ1v) is 9.00. The topological polar surface area (TPSA) is 98.5 Å².